The molecule has 5 aliphatic rings. The Kier molecular flexibility index (Phi) is 9.93. The van der Waals surface area contributed by atoms with Crippen LogP contribution in [-0.2, 0) is 87.0 Å². The molecule has 8 atom stereocenters. The molecule has 0 saturated carbocycles. The molecule has 0 bridgehead atoms. The highest BCUT2D eigenvalue weighted by atomic mass is 16.8. The van der Waals surface area contributed by atoms with Crippen molar-refractivity contribution in [1.29, 1.82) is 0 Å². The fourth-order valence-corrected chi connectivity index (χ4v) is 7.80. The predicted molar refractivity (Wildman–Crippen MR) is 186 cm³/mol. The summed E-state index contributed by atoms with van der Waals surface area (Å²) in [4.78, 5) is 0. The summed E-state index contributed by atoms with van der Waals surface area (Å²) in [6, 6.07) is 36.5. The molecule has 0 N–H and O–H groups in total. The van der Waals surface area contributed by atoms with Crippen molar-refractivity contribution in [3.05, 3.63) is 143 Å². The molecule has 4 aromatic rings. The Labute approximate surface area is 303 Å². The number of benzene rings is 4. The average Bonchev–Trinajstić information content (AvgIpc) is 3.18. The van der Waals surface area contributed by atoms with Gasteiger partial charge in [-0.15, -0.1) is 0 Å². The van der Waals surface area contributed by atoms with Gasteiger partial charge in [-0.1, -0.05) is 109 Å². The van der Waals surface area contributed by atoms with Gasteiger partial charge in [-0.25, -0.2) is 0 Å². The summed E-state index contributed by atoms with van der Waals surface area (Å²) in [6.07, 6.45) is -3.10. The van der Waals surface area contributed by atoms with Crippen molar-refractivity contribution >= 4 is 0 Å². The molecule has 3 saturated heterocycles. The Balaban J connectivity index is 0.966. The second-order valence-electron chi connectivity index (χ2n) is 14.0. The maximum Gasteiger partial charge on any atom is 0.222 e. The van der Waals surface area contributed by atoms with Crippen LogP contribution in [0.4, 0.5) is 0 Å². The van der Waals surface area contributed by atoms with Gasteiger partial charge < -0.3 is 47.4 Å². The number of ether oxygens (including phenoxy) is 10. The van der Waals surface area contributed by atoms with E-state index in [4.69, 9.17) is 47.4 Å². The van der Waals surface area contributed by atoms with Crippen LogP contribution < -0.4 is 0 Å². The minimum absolute atomic E-state index is 0.0171. The lowest BCUT2D eigenvalue weighted by molar-refractivity contribution is -0.461. The van der Waals surface area contributed by atoms with Crippen molar-refractivity contribution < 1.29 is 47.4 Å². The van der Waals surface area contributed by atoms with E-state index in [0.717, 1.165) is 33.4 Å². The molecule has 5 heterocycles. The smallest absolute Gasteiger partial charge is 0.222 e. The molecule has 272 valence electrons. The Hall–Kier alpha value is -3.52. The molecule has 0 radical (unpaired) electrons. The topological polar surface area (TPSA) is 92.3 Å². The summed E-state index contributed by atoms with van der Waals surface area (Å²) in [5.74, 6) is -2.55. The highest BCUT2D eigenvalue weighted by Gasteiger charge is 2.63. The zero-order valence-corrected chi connectivity index (χ0v) is 29.0. The molecule has 2 spiro atoms. The third kappa shape index (κ3) is 6.85. The lowest BCUT2D eigenvalue weighted by Gasteiger charge is -2.56. The summed E-state index contributed by atoms with van der Waals surface area (Å²) in [5.41, 5.74) is 6.40. The molecule has 0 aromatic heterocycles. The average molecular weight is 709 g/mol. The second-order valence-corrected chi connectivity index (χ2v) is 14.0. The van der Waals surface area contributed by atoms with E-state index in [-0.39, 0.29) is 26.4 Å². The Morgan fingerprint density at radius 3 is 1.19 bits per heavy atom. The van der Waals surface area contributed by atoms with E-state index >= 15 is 0 Å². The standard InChI is InChI=1S/C42H44O10/c1-3-11-29(12-4-1)19-43-35-25-49-41(39-37(35)45-21-31-15-7-9-17-33(31)23-47-39)27-52-42(28-51-41)40-38(46-22-32-16-8-10-18-34(32)24-48-40)36(26-50-42)44-20-30-13-5-2-6-14-30/h1-18,35-40H,19-28H2/t35-,36-,37-,38-,39+,40+,41-,42+/m1/s1. The number of hydrogen-bond donors (Lipinski definition) is 0. The quantitative estimate of drug-likeness (QED) is 0.251. The molecule has 0 amide bonds. The zero-order valence-electron chi connectivity index (χ0n) is 29.0. The summed E-state index contributed by atoms with van der Waals surface area (Å²) in [7, 11) is 0. The zero-order chi connectivity index (χ0) is 34.8. The van der Waals surface area contributed by atoms with Crippen LogP contribution in [-0.4, -0.2) is 74.6 Å². The van der Waals surface area contributed by atoms with Crippen molar-refractivity contribution in [2.45, 2.75) is 87.8 Å². The van der Waals surface area contributed by atoms with E-state index in [2.05, 4.69) is 24.3 Å². The van der Waals surface area contributed by atoms with Crippen LogP contribution in [0, 0.1) is 0 Å². The van der Waals surface area contributed by atoms with Crippen LogP contribution in [0.25, 0.3) is 0 Å². The van der Waals surface area contributed by atoms with Gasteiger partial charge in [0.1, 0.15) is 49.8 Å². The SMILES string of the molecule is c1ccc(CO[C@@H]2CO[C@]3(CO[C@@]4(CO3)OC[C@@H](OCc3ccccc3)[C@H]3OCc5ccccc5CO[C@@H]34)[C@H]3OCc4ccccc4CO[C@H]23)cc1. The molecular formula is C42H44O10. The van der Waals surface area contributed by atoms with Gasteiger partial charge in [-0.05, 0) is 33.4 Å². The van der Waals surface area contributed by atoms with Crippen molar-refractivity contribution in [3.63, 3.8) is 0 Å². The van der Waals surface area contributed by atoms with E-state index in [1.807, 2.05) is 84.9 Å². The Bertz CT molecular complexity index is 1650. The van der Waals surface area contributed by atoms with Crippen LogP contribution in [0.3, 0.4) is 0 Å². The highest BCUT2D eigenvalue weighted by molar-refractivity contribution is 5.28. The molecule has 10 nitrogen and oxygen atoms in total. The fourth-order valence-electron chi connectivity index (χ4n) is 7.80. The number of rotatable bonds is 6. The van der Waals surface area contributed by atoms with Gasteiger partial charge in [-0.3, -0.25) is 0 Å². The lowest BCUT2D eigenvalue weighted by atomic mass is 9.91. The van der Waals surface area contributed by atoms with Gasteiger partial charge in [0, 0.05) is 0 Å². The number of hydrogen-bond acceptors (Lipinski definition) is 10. The molecule has 0 aliphatic carbocycles. The van der Waals surface area contributed by atoms with Crippen molar-refractivity contribution in [2.75, 3.05) is 26.4 Å². The van der Waals surface area contributed by atoms with Crippen molar-refractivity contribution in [3.8, 4) is 0 Å². The van der Waals surface area contributed by atoms with E-state index in [1.54, 1.807) is 0 Å². The third-order valence-electron chi connectivity index (χ3n) is 10.8. The molecule has 10 heteroatoms. The maximum atomic E-state index is 6.81. The first-order valence-electron chi connectivity index (χ1n) is 18.1. The largest absolute Gasteiger partial charge is 0.368 e. The summed E-state index contributed by atoms with van der Waals surface area (Å²) >= 11 is 0. The third-order valence-corrected chi connectivity index (χ3v) is 10.8. The summed E-state index contributed by atoms with van der Waals surface area (Å²) in [6.45, 7) is 2.88. The predicted octanol–water partition coefficient (Wildman–Crippen LogP) is 5.63. The normalized spacial score (nSPS) is 33.0. The van der Waals surface area contributed by atoms with Crippen molar-refractivity contribution in [2.24, 2.45) is 0 Å². The van der Waals surface area contributed by atoms with E-state index in [1.165, 1.54) is 0 Å². The first kappa shape index (κ1) is 34.3. The number of fused-ring (bicyclic) bond motifs is 6. The van der Waals surface area contributed by atoms with Crippen molar-refractivity contribution in [1.82, 2.24) is 0 Å². The van der Waals surface area contributed by atoms with Crippen LogP contribution in [0.2, 0.25) is 0 Å². The first-order chi connectivity index (χ1) is 25.7. The molecule has 9 rings (SSSR count). The molecule has 4 aromatic carbocycles. The maximum absolute atomic E-state index is 6.81. The first-order valence-corrected chi connectivity index (χ1v) is 18.1. The van der Waals surface area contributed by atoms with Crippen LogP contribution in [0.1, 0.15) is 33.4 Å². The molecule has 0 unspecified atom stereocenters. The van der Waals surface area contributed by atoms with Crippen LogP contribution in [0.5, 0.6) is 0 Å². The van der Waals surface area contributed by atoms with E-state index in [9.17, 15) is 0 Å². The second kappa shape index (κ2) is 15.1. The molecular weight excluding hydrogens is 664 g/mol. The lowest BCUT2D eigenvalue weighted by Crippen LogP contribution is -2.74. The van der Waals surface area contributed by atoms with E-state index < -0.39 is 48.2 Å². The minimum atomic E-state index is -1.27. The van der Waals surface area contributed by atoms with Crippen LogP contribution >= 0.6 is 0 Å². The van der Waals surface area contributed by atoms with Gasteiger partial charge in [0.25, 0.3) is 0 Å². The van der Waals surface area contributed by atoms with E-state index in [0.29, 0.717) is 39.6 Å². The summed E-state index contributed by atoms with van der Waals surface area (Å²) in [5, 5.41) is 0. The van der Waals surface area contributed by atoms with Gasteiger partial charge in [0.2, 0.25) is 11.6 Å². The molecule has 3 fully saturated rings. The van der Waals surface area contributed by atoms with Gasteiger partial charge in [-0.2, -0.15) is 0 Å². The highest BCUT2D eigenvalue weighted by Crippen LogP contribution is 2.44. The fraction of sp³-hybridized carbons (Fsp3) is 0.429. The summed E-state index contributed by atoms with van der Waals surface area (Å²) < 4.78 is 66.4. The molecule has 5 aliphatic heterocycles. The van der Waals surface area contributed by atoms with Gasteiger partial charge in [0.05, 0.1) is 52.9 Å². The van der Waals surface area contributed by atoms with Gasteiger partial charge in [0.15, 0.2) is 0 Å². The van der Waals surface area contributed by atoms with Gasteiger partial charge >= 0.3 is 0 Å². The Morgan fingerprint density at radius 1 is 0.442 bits per heavy atom. The Morgan fingerprint density at radius 2 is 0.808 bits per heavy atom. The molecule has 52 heavy (non-hydrogen) atoms. The van der Waals surface area contributed by atoms with Crippen LogP contribution in [0.15, 0.2) is 109 Å². The minimum Gasteiger partial charge on any atom is -0.368 e. The monoisotopic (exact) mass is 708 g/mol.